The Kier molecular flexibility index (Phi) is 3.56. The van der Waals surface area contributed by atoms with Crippen molar-refractivity contribution in [3.63, 3.8) is 0 Å². The number of aromatic amines is 1. The molecule has 1 saturated heterocycles. The standard InChI is InChI=1S/C10H13N3O5S/c14-9(7-8(10(15)16)13-5-12-7)11-4-6-2-1-3-19(6,17)18/h5-6H,1-4H2,(H,11,14)(H,12,13)(H,15,16). The highest BCUT2D eigenvalue weighted by Gasteiger charge is 2.32. The Morgan fingerprint density at radius 2 is 2.26 bits per heavy atom. The molecule has 0 bridgehead atoms. The zero-order valence-electron chi connectivity index (χ0n) is 9.92. The van der Waals surface area contributed by atoms with E-state index >= 15 is 0 Å². The predicted octanol–water partition coefficient (Wildman–Crippen LogP) is -0.585. The third kappa shape index (κ3) is 2.75. The van der Waals surface area contributed by atoms with E-state index in [9.17, 15) is 18.0 Å². The number of rotatable bonds is 4. The predicted molar refractivity (Wildman–Crippen MR) is 64.7 cm³/mol. The smallest absolute Gasteiger partial charge is 0.354 e. The highest BCUT2D eigenvalue weighted by atomic mass is 32.2. The number of carbonyl (C=O) groups excluding carboxylic acids is 1. The number of hydrogen-bond acceptors (Lipinski definition) is 5. The Bertz CT molecular complexity index is 606. The van der Waals surface area contributed by atoms with Gasteiger partial charge in [-0.1, -0.05) is 0 Å². The summed E-state index contributed by atoms with van der Waals surface area (Å²) < 4.78 is 23.1. The number of carboxylic acids is 1. The maximum Gasteiger partial charge on any atom is 0.354 e. The van der Waals surface area contributed by atoms with Gasteiger partial charge in [0.15, 0.2) is 21.2 Å². The molecule has 1 aliphatic heterocycles. The Hall–Kier alpha value is -1.90. The molecule has 0 spiro atoms. The molecule has 0 aliphatic carbocycles. The van der Waals surface area contributed by atoms with Crippen molar-refractivity contribution in [2.75, 3.05) is 12.3 Å². The van der Waals surface area contributed by atoms with Crippen LogP contribution in [0.3, 0.4) is 0 Å². The van der Waals surface area contributed by atoms with E-state index in [1.54, 1.807) is 0 Å². The van der Waals surface area contributed by atoms with Gasteiger partial charge in [0.05, 0.1) is 17.3 Å². The van der Waals surface area contributed by atoms with Gasteiger partial charge in [0, 0.05) is 6.54 Å². The van der Waals surface area contributed by atoms with Crippen LogP contribution in [0.2, 0.25) is 0 Å². The van der Waals surface area contributed by atoms with E-state index in [2.05, 4.69) is 15.3 Å². The van der Waals surface area contributed by atoms with E-state index in [-0.39, 0.29) is 23.7 Å². The minimum absolute atomic E-state index is 0.0207. The number of sulfone groups is 1. The van der Waals surface area contributed by atoms with Crippen LogP contribution in [0.15, 0.2) is 6.33 Å². The lowest BCUT2D eigenvalue weighted by molar-refractivity contribution is 0.0685. The third-order valence-electron chi connectivity index (χ3n) is 3.02. The summed E-state index contributed by atoms with van der Waals surface area (Å²) in [5.74, 6) is -1.85. The Labute approximate surface area is 109 Å². The Morgan fingerprint density at radius 3 is 2.84 bits per heavy atom. The van der Waals surface area contributed by atoms with E-state index in [0.29, 0.717) is 12.8 Å². The van der Waals surface area contributed by atoms with Crippen LogP contribution in [-0.2, 0) is 9.84 Å². The highest BCUT2D eigenvalue weighted by molar-refractivity contribution is 7.92. The van der Waals surface area contributed by atoms with Crippen molar-refractivity contribution in [3.8, 4) is 0 Å². The van der Waals surface area contributed by atoms with Crippen LogP contribution in [0.5, 0.6) is 0 Å². The van der Waals surface area contributed by atoms with Gasteiger partial charge >= 0.3 is 5.97 Å². The van der Waals surface area contributed by atoms with Crippen LogP contribution in [-0.4, -0.2) is 52.9 Å². The second-order valence-electron chi connectivity index (χ2n) is 4.27. The zero-order valence-corrected chi connectivity index (χ0v) is 10.7. The summed E-state index contributed by atoms with van der Waals surface area (Å²) >= 11 is 0. The lowest BCUT2D eigenvalue weighted by atomic mass is 10.2. The Balaban J connectivity index is 2.02. The molecule has 1 amide bonds. The fraction of sp³-hybridized carbons (Fsp3) is 0.500. The Morgan fingerprint density at radius 1 is 1.53 bits per heavy atom. The van der Waals surface area contributed by atoms with Crippen LogP contribution in [0, 0.1) is 0 Å². The lowest BCUT2D eigenvalue weighted by Crippen LogP contribution is -2.35. The number of hydrogen-bond donors (Lipinski definition) is 3. The minimum atomic E-state index is -3.14. The SMILES string of the molecule is O=C(NCC1CCCS1(=O)=O)c1nc[nH]c1C(=O)O. The van der Waals surface area contributed by atoms with Crippen LogP contribution in [0.25, 0.3) is 0 Å². The fourth-order valence-electron chi connectivity index (χ4n) is 2.01. The number of aromatic carboxylic acids is 1. The number of nitrogens with zero attached hydrogens (tertiary/aromatic N) is 1. The summed E-state index contributed by atoms with van der Waals surface area (Å²) in [6, 6.07) is 0. The fourth-order valence-corrected chi connectivity index (χ4v) is 3.77. The molecule has 1 aromatic heterocycles. The molecule has 3 N–H and O–H groups in total. The summed E-state index contributed by atoms with van der Waals surface area (Å²) in [7, 11) is -3.14. The van der Waals surface area contributed by atoms with Crippen molar-refractivity contribution in [2.24, 2.45) is 0 Å². The molecular weight excluding hydrogens is 274 g/mol. The first-order valence-corrected chi connectivity index (χ1v) is 7.40. The first-order valence-electron chi connectivity index (χ1n) is 5.68. The number of imidazole rings is 1. The van der Waals surface area contributed by atoms with Gasteiger partial charge in [0.25, 0.3) is 5.91 Å². The van der Waals surface area contributed by atoms with Gasteiger partial charge in [-0.15, -0.1) is 0 Å². The first kappa shape index (κ1) is 13.5. The largest absolute Gasteiger partial charge is 0.477 e. The van der Waals surface area contributed by atoms with Gasteiger partial charge in [-0.2, -0.15) is 0 Å². The molecule has 2 heterocycles. The van der Waals surface area contributed by atoms with Crippen LogP contribution in [0.4, 0.5) is 0 Å². The number of H-pyrrole nitrogens is 1. The second kappa shape index (κ2) is 5.00. The van der Waals surface area contributed by atoms with Gasteiger partial charge in [-0.25, -0.2) is 18.2 Å². The van der Waals surface area contributed by atoms with E-state index in [1.165, 1.54) is 0 Å². The van der Waals surface area contributed by atoms with Gasteiger partial charge in [0.1, 0.15) is 0 Å². The van der Waals surface area contributed by atoms with Crippen molar-refractivity contribution < 1.29 is 23.1 Å². The molecule has 2 rings (SSSR count). The highest BCUT2D eigenvalue weighted by Crippen LogP contribution is 2.19. The molecule has 19 heavy (non-hydrogen) atoms. The number of carbonyl (C=O) groups is 2. The second-order valence-corrected chi connectivity index (χ2v) is 6.67. The summed E-state index contributed by atoms with van der Waals surface area (Å²) in [4.78, 5) is 28.5. The molecule has 104 valence electrons. The van der Waals surface area contributed by atoms with Gasteiger partial charge < -0.3 is 15.4 Å². The molecule has 1 atom stereocenters. The molecule has 8 nitrogen and oxygen atoms in total. The van der Waals surface area contributed by atoms with E-state index < -0.39 is 27.0 Å². The van der Waals surface area contributed by atoms with E-state index in [0.717, 1.165) is 6.33 Å². The van der Waals surface area contributed by atoms with Gasteiger partial charge in [-0.05, 0) is 12.8 Å². The summed E-state index contributed by atoms with van der Waals surface area (Å²) in [6.45, 7) is -0.0207. The van der Waals surface area contributed by atoms with Crippen molar-refractivity contribution in [3.05, 3.63) is 17.7 Å². The quantitative estimate of drug-likeness (QED) is 0.679. The van der Waals surface area contributed by atoms with Crippen molar-refractivity contribution in [2.45, 2.75) is 18.1 Å². The average Bonchev–Trinajstić information content (AvgIpc) is 2.92. The zero-order chi connectivity index (χ0) is 14.0. The third-order valence-corrected chi connectivity index (χ3v) is 5.30. The first-order chi connectivity index (χ1) is 8.92. The number of aromatic nitrogens is 2. The van der Waals surface area contributed by atoms with Crippen LogP contribution < -0.4 is 5.32 Å². The van der Waals surface area contributed by atoms with Crippen molar-refractivity contribution in [1.82, 2.24) is 15.3 Å². The van der Waals surface area contributed by atoms with Crippen molar-refractivity contribution >= 4 is 21.7 Å². The summed E-state index contributed by atoms with van der Waals surface area (Å²) in [5, 5.41) is 10.6. The van der Waals surface area contributed by atoms with Crippen LogP contribution >= 0.6 is 0 Å². The molecule has 0 aromatic carbocycles. The molecule has 1 fully saturated rings. The topological polar surface area (TPSA) is 129 Å². The molecule has 0 saturated carbocycles. The van der Waals surface area contributed by atoms with Crippen LogP contribution in [0.1, 0.15) is 33.8 Å². The molecular formula is C10H13N3O5S. The van der Waals surface area contributed by atoms with Gasteiger partial charge in [-0.3, -0.25) is 4.79 Å². The number of nitrogens with one attached hydrogen (secondary N) is 2. The van der Waals surface area contributed by atoms with Crippen molar-refractivity contribution in [1.29, 1.82) is 0 Å². The monoisotopic (exact) mass is 287 g/mol. The summed E-state index contributed by atoms with van der Waals surface area (Å²) in [6.07, 6.45) is 2.20. The van der Waals surface area contributed by atoms with Gasteiger partial charge in [0.2, 0.25) is 0 Å². The molecule has 1 aromatic rings. The summed E-state index contributed by atoms with van der Waals surface area (Å²) in [5.41, 5.74) is -0.560. The molecule has 1 aliphatic rings. The molecule has 9 heteroatoms. The van der Waals surface area contributed by atoms with E-state index in [1.807, 2.05) is 0 Å². The normalized spacial score (nSPS) is 21.2. The maximum atomic E-state index is 11.7. The lowest BCUT2D eigenvalue weighted by Gasteiger charge is -2.10. The molecule has 1 unspecified atom stereocenters. The number of amides is 1. The molecule has 0 radical (unpaired) electrons. The maximum absolute atomic E-state index is 11.7. The minimum Gasteiger partial charge on any atom is -0.477 e. The van der Waals surface area contributed by atoms with E-state index in [4.69, 9.17) is 5.11 Å². The number of carboxylic acid groups (broad SMARTS) is 1. The average molecular weight is 287 g/mol.